The predicted molar refractivity (Wildman–Crippen MR) is 78.8 cm³/mol. The Morgan fingerprint density at radius 2 is 1.75 bits per heavy atom. The number of nitrogens with two attached hydrogens (primary N) is 1. The summed E-state index contributed by atoms with van der Waals surface area (Å²) in [4.78, 5) is 11.8. The van der Waals surface area contributed by atoms with Crippen LogP contribution in [-0.4, -0.2) is 11.0 Å². The summed E-state index contributed by atoms with van der Waals surface area (Å²) in [6.45, 7) is 0.467. The zero-order chi connectivity index (χ0) is 14.4. The van der Waals surface area contributed by atoms with Crippen LogP contribution in [-0.2, 0) is 24.4 Å². The van der Waals surface area contributed by atoms with Gasteiger partial charge in [-0.15, -0.1) is 0 Å². The smallest absolute Gasteiger partial charge is 0.224 e. The molecule has 0 atom stereocenters. The van der Waals surface area contributed by atoms with Gasteiger partial charge >= 0.3 is 0 Å². The van der Waals surface area contributed by atoms with Crippen LogP contribution in [0.3, 0.4) is 0 Å². The summed E-state index contributed by atoms with van der Waals surface area (Å²) in [6.07, 6.45) is 0.333. The summed E-state index contributed by atoms with van der Waals surface area (Å²) in [6, 6.07) is 14.8. The van der Waals surface area contributed by atoms with Crippen molar-refractivity contribution in [3.63, 3.8) is 0 Å². The highest BCUT2D eigenvalue weighted by atomic mass is 16.3. The third-order valence-electron chi connectivity index (χ3n) is 3.01. The molecule has 0 spiro atoms. The van der Waals surface area contributed by atoms with Crippen molar-refractivity contribution < 1.29 is 9.90 Å². The normalized spacial score (nSPS) is 10.2. The Kier molecular flexibility index (Phi) is 4.74. The number of aliphatic hydroxyl groups excluding tert-OH is 1. The van der Waals surface area contributed by atoms with E-state index in [1.54, 1.807) is 12.1 Å². The van der Waals surface area contributed by atoms with Gasteiger partial charge in [-0.3, -0.25) is 4.79 Å². The first-order valence-corrected chi connectivity index (χ1v) is 6.47. The largest absolute Gasteiger partial charge is 0.399 e. The number of benzene rings is 2. The Hall–Kier alpha value is -2.33. The first-order chi connectivity index (χ1) is 9.67. The van der Waals surface area contributed by atoms with Gasteiger partial charge in [-0.2, -0.15) is 0 Å². The zero-order valence-corrected chi connectivity index (χ0v) is 11.2. The van der Waals surface area contributed by atoms with Crippen LogP contribution < -0.4 is 11.1 Å². The van der Waals surface area contributed by atoms with Crippen molar-refractivity contribution in [2.75, 3.05) is 5.73 Å². The summed E-state index contributed by atoms with van der Waals surface area (Å²) in [5, 5.41) is 11.9. The third kappa shape index (κ3) is 4.10. The highest BCUT2D eigenvalue weighted by molar-refractivity contribution is 5.78. The Balaban J connectivity index is 1.87. The van der Waals surface area contributed by atoms with E-state index in [1.165, 1.54) is 0 Å². The number of nitrogen functional groups attached to an aromatic ring is 1. The maximum atomic E-state index is 11.8. The monoisotopic (exact) mass is 270 g/mol. The SMILES string of the molecule is Nc1ccc(CC(=O)NCc2cccc(CO)c2)cc1. The lowest BCUT2D eigenvalue weighted by atomic mass is 10.1. The van der Waals surface area contributed by atoms with Crippen molar-refractivity contribution in [1.29, 1.82) is 0 Å². The molecule has 4 heteroatoms. The molecule has 0 aliphatic carbocycles. The molecular weight excluding hydrogens is 252 g/mol. The number of carbonyl (C=O) groups excluding carboxylic acids is 1. The molecule has 0 fully saturated rings. The molecule has 1 amide bonds. The minimum Gasteiger partial charge on any atom is -0.399 e. The summed E-state index contributed by atoms with van der Waals surface area (Å²) in [5.74, 6) is -0.0378. The molecule has 0 aliphatic heterocycles. The lowest BCUT2D eigenvalue weighted by molar-refractivity contribution is -0.120. The molecule has 0 saturated heterocycles. The van der Waals surface area contributed by atoms with E-state index in [2.05, 4.69) is 5.32 Å². The van der Waals surface area contributed by atoms with Crippen molar-refractivity contribution in [3.8, 4) is 0 Å². The van der Waals surface area contributed by atoms with Crippen LogP contribution in [0.5, 0.6) is 0 Å². The minimum absolute atomic E-state index is 0.00717. The van der Waals surface area contributed by atoms with Gasteiger partial charge in [0.25, 0.3) is 0 Å². The Morgan fingerprint density at radius 3 is 2.45 bits per heavy atom. The maximum Gasteiger partial charge on any atom is 0.224 e. The summed E-state index contributed by atoms with van der Waals surface area (Å²) >= 11 is 0. The van der Waals surface area contributed by atoms with Gasteiger partial charge in [-0.1, -0.05) is 36.4 Å². The molecule has 0 bridgehead atoms. The lowest BCUT2D eigenvalue weighted by Crippen LogP contribution is -2.24. The molecule has 4 N–H and O–H groups in total. The van der Waals surface area contributed by atoms with Gasteiger partial charge in [-0.05, 0) is 28.8 Å². The molecule has 0 radical (unpaired) electrons. The Morgan fingerprint density at radius 1 is 1.05 bits per heavy atom. The molecule has 104 valence electrons. The molecule has 0 heterocycles. The van der Waals surface area contributed by atoms with Crippen molar-refractivity contribution in [1.82, 2.24) is 5.32 Å². The molecule has 2 aromatic carbocycles. The van der Waals surface area contributed by atoms with Gasteiger partial charge in [0, 0.05) is 12.2 Å². The zero-order valence-electron chi connectivity index (χ0n) is 11.2. The summed E-state index contributed by atoms with van der Waals surface area (Å²) in [7, 11) is 0. The van der Waals surface area contributed by atoms with Crippen LogP contribution in [0.4, 0.5) is 5.69 Å². The lowest BCUT2D eigenvalue weighted by Gasteiger charge is -2.07. The number of hydrogen-bond donors (Lipinski definition) is 3. The molecular formula is C16H18N2O2. The maximum absolute atomic E-state index is 11.8. The third-order valence-corrected chi connectivity index (χ3v) is 3.01. The fourth-order valence-corrected chi connectivity index (χ4v) is 1.92. The predicted octanol–water partition coefficient (Wildman–Crippen LogP) is 1.62. The number of carbonyl (C=O) groups is 1. The first-order valence-electron chi connectivity index (χ1n) is 6.47. The van der Waals surface area contributed by atoms with Crippen LogP contribution in [0.2, 0.25) is 0 Å². The van der Waals surface area contributed by atoms with E-state index in [9.17, 15) is 4.79 Å². The second kappa shape index (κ2) is 6.73. The molecule has 2 rings (SSSR count). The number of hydrogen-bond acceptors (Lipinski definition) is 3. The van der Waals surface area contributed by atoms with Gasteiger partial charge in [-0.25, -0.2) is 0 Å². The van der Waals surface area contributed by atoms with Crippen molar-refractivity contribution in [2.45, 2.75) is 19.6 Å². The van der Waals surface area contributed by atoms with Gasteiger partial charge in [0.15, 0.2) is 0 Å². The molecule has 20 heavy (non-hydrogen) atoms. The van der Waals surface area contributed by atoms with Crippen LogP contribution >= 0.6 is 0 Å². The van der Waals surface area contributed by atoms with E-state index in [4.69, 9.17) is 10.8 Å². The molecule has 2 aromatic rings. The fourth-order valence-electron chi connectivity index (χ4n) is 1.92. The van der Waals surface area contributed by atoms with Crippen LogP contribution in [0, 0.1) is 0 Å². The second-order valence-electron chi connectivity index (χ2n) is 4.67. The summed E-state index contributed by atoms with van der Waals surface area (Å²) in [5.41, 5.74) is 9.04. The van der Waals surface area contributed by atoms with Crippen molar-refractivity contribution >= 4 is 11.6 Å². The standard InChI is InChI=1S/C16H18N2O2/c17-15-6-4-12(5-7-15)9-16(20)18-10-13-2-1-3-14(8-13)11-19/h1-8,19H,9-11,17H2,(H,18,20). The summed E-state index contributed by atoms with van der Waals surface area (Å²) < 4.78 is 0. The number of anilines is 1. The van der Waals surface area contributed by atoms with Crippen molar-refractivity contribution in [2.24, 2.45) is 0 Å². The number of aliphatic hydroxyl groups is 1. The Labute approximate surface area is 118 Å². The fraction of sp³-hybridized carbons (Fsp3) is 0.188. The van der Waals surface area contributed by atoms with E-state index in [1.807, 2.05) is 36.4 Å². The van der Waals surface area contributed by atoms with Gasteiger partial charge in [0.05, 0.1) is 13.0 Å². The molecule has 0 saturated carbocycles. The first kappa shape index (κ1) is 14.1. The van der Waals surface area contributed by atoms with Crippen LogP contribution in [0.25, 0.3) is 0 Å². The van der Waals surface area contributed by atoms with E-state index >= 15 is 0 Å². The van der Waals surface area contributed by atoms with Crippen molar-refractivity contribution in [3.05, 3.63) is 65.2 Å². The average molecular weight is 270 g/mol. The van der Waals surface area contributed by atoms with Crippen LogP contribution in [0.15, 0.2) is 48.5 Å². The minimum atomic E-state index is -0.0378. The Bertz CT molecular complexity index is 579. The van der Waals surface area contributed by atoms with Gasteiger partial charge in [0.2, 0.25) is 5.91 Å². The average Bonchev–Trinajstić information content (AvgIpc) is 2.48. The molecule has 4 nitrogen and oxygen atoms in total. The molecule has 0 unspecified atom stereocenters. The van der Waals surface area contributed by atoms with E-state index in [0.29, 0.717) is 18.7 Å². The van der Waals surface area contributed by atoms with E-state index < -0.39 is 0 Å². The molecule has 0 aliphatic rings. The number of nitrogens with one attached hydrogen (secondary N) is 1. The van der Waals surface area contributed by atoms with E-state index in [-0.39, 0.29) is 12.5 Å². The highest BCUT2D eigenvalue weighted by Crippen LogP contribution is 2.07. The van der Waals surface area contributed by atoms with E-state index in [0.717, 1.165) is 16.7 Å². The quantitative estimate of drug-likeness (QED) is 0.723. The highest BCUT2D eigenvalue weighted by Gasteiger charge is 2.03. The molecule has 0 aromatic heterocycles. The van der Waals surface area contributed by atoms with Gasteiger partial charge < -0.3 is 16.2 Å². The number of amides is 1. The second-order valence-corrected chi connectivity index (χ2v) is 4.67. The number of rotatable bonds is 5. The van der Waals surface area contributed by atoms with Crippen LogP contribution in [0.1, 0.15) is 16.7 Å². The topological polar surface area (TPSA) is 75.4 Å². The van der Waals surface area contributed by atoms with Gasteiger partial charge in [0.1, 0.15) is 0 Å².